The van der Waals surface area contributed by atoms with Gasteiger partial charge in [-0.1, -0.05) is 115 Å². The Labute approximate surface area is 214 Å². The molecule has 0 saturated heterocycles. The normalized spacial score (nSPS) is 23.8. The van der Waals surface area contributed by atoms with E-state index in [9.17, 15) is 0 Å². The van der Waals surface area contributed by atoms with Crippen molar-refractivity contribution in [2.75, 3.05) is 0 Å². The Morgan fingerprint density at radius 2 is 1.40 bits per heavy atom. The molecule has 2 aliphatic carbocycles. The van der Waals surface area contributed by atoms with Gasteiger partial charge in [0, 0.05) is 0 Å². The molecule has 1 nitrogen and oxygen atoms in total. The summed E-state index contributed by atoms with van der Waals surface area (Å²) >= 11 is 0. The van der Waals surface area contributed by atoms with Crippen molar-refractivity contribution >= 4 is 18.7 Å². The molecule has 0 N–H and O–H groups in total. The molecule has 3 aromatic carbocycles. The molecule has 1 fully saturated rings. The van der Waals surface area contributed by atoms with Crippen LogP contribution in [0.5, 0.6) is 5.75 Å². The first-order chi connectivity index (χ1) is 16.6. The first kappa shape index (κ1) is 24.4. The van der Waals surface area contributed by atoms with Crippen LogP contribution in [-0.2, 0) is 11.8 Å². The topological polar surface area (TPSA) is 9.23 Å². The second-order valence-corrected chi connectivity index (χ2v) is 17.2. The van der Waals surface area contributed by atoms with E-state index in [0.29, 0.717) is 5.41 Å². The zero-order chi connectivity index (χ0) is 24.9. The van der Waals surface area contributed by atoms with Crippen LogP contribution in [0.15, 0.2) is 78.9 Å². The molecule has 0 aromatic heterocycles. The maximum Gasteiger partial charge on any atom is 0.319 e. The number of benzene rings is 3. The smallest absolute Gasteiger partial charge is 0.319 e. The van der Waals surface area contributed by atoms with E-state index in [1.54, 1.807) is 5.56 Å². The average molecular weight is 483 g/mol. The molecule has 2 aliphatic rings. The minimum absolute atomic E-state index is 0.0368. The van der Waals surface area contributed by atoms with Gasteiger partial charge in [-0.15, -0.1) is 0 Å². The standard InChI is InChI=1S/C33H42OSi/c1-31(2,3)35(27-14-9-7-10-15-27,28-16-11-8-12-17-28)34-26-20-18-25-19-21-30-32(4,5)22-13-23-33(30,6)29(25)24-26/h7-12,14-18,20,24,30H,13,19,21-23H2,1-6H3/t30-,33+/m0/s1. The minimum Gasteiger partial charge on any atom is -0.534 e. The molecule has 5 rings (SSSR count). The van der Waals surface area contributed by atoms with Crippen LogP contribution < -0.4 is 14.8 Å². The summed E-state index contributed by atoms with van der Waals surface area (Å²) in [4.78, 5) is 0. The monoisotopic (exact) mass is 482 g/mol. The Morgan fingerprint density at radius 1 is 0.800 bits per heavy atom. The zero-order valence-corrected chi connectivity index (χ0v) is 23.5. The fraction of sp³-hybridized carbons (Fsp3) is 0.455. The third kappa shape index (κ3) is 3.98. The van der Waals surface area contributed by atoms with Crippen molar-refractivity contribution in [1.82, 2.24) is 0 Å². The van der Waals surface area contributed by atoms with Crippen molar-refractivity contribution in [1.29, 1.82) is 0 Å². The Hall–Kier alpha value is -2.32. The van der Waals surface area contributed by atoms with E-state index in [-0.39, 0.29) is 10.5 Å². The highest BCUT2D eigenvalue weighted by molar-refractivity contribution is 7.00. The van der Waals surface area contributed by atoms with Gasteiger partial charge in [0.05, 0.1) is 0 Å². The molecule has 1 saturated carbocycles. The quantitative estimate of drug-likeness (QED) is 0.347. The molecule has 2 heteroatoms. The lowest BCUT2D eigenvalue weighted by atomic mass is 9.50. The molecular formula is C33H42OSi. The van der Waals surface area contributed by atoms with Crippen LogP contribution in [0, 0.1) is 11.3 Å². The second kappa shape index (κ2) is 8.66. The summed E-state index contributed by atoms with van der Waals surface area (Å²) in [7, 11) is -2.63. The molecule has 0 bridgehead atoms. The largest absolute Gasteiger partial charge is 0.534 e. The summed E-state index contributed by atoms with van der Waals surface area (Å²) in [5, 5.41) is 2.63. The number of aryl methyl sites for hydroxylation is 1. The Bertz CT molecular complexity index is 1140. The third-order valence-electron chi connectivity index (χ3n) is 9.32. The predicted octanol–water partition coefficient (Wildman–Crippen LogP) is 7.66. The molecule has 2 atom stereocenters. The van der Waals surface area contributed by atoms with Gasteiger partial charge in [-0.3, -0.25) is 0 Å². The maximum atomic E-state index is 7.42. The van der Waals surface area contributed by atoms with Gasteiger partial charge >= 0.3 is 8.32 Å². The van der Waals surface area contributed by atoms with Gasteiger partial charge in [-0.25, -0.2) is 0 Å². The van der Waals surface area contributed by atoms with E-state index >= 15 is 0 Å². The van der Waals surface area contributed by atoms with E-state index in [4.69, 9.17) is 4.43 Å². The van der Waals surface area contributed by atoms with Crippen LogP contribution in [0.3, 0.4) is 0 Å². The minimum atomic E-state index is -2.63. The highest BCUT2D eigenvalue weighted by atomic mass is 28.4. The third-order valence-corrected chi connectivity index (χ3v) is 14.3. The SMILES string of the molecule is CC1(C)CCC[C@]2(C)c3cc(O[Si](c4ccccc4)(c4ccccc4)C(C)(C)C)ccc3CC[C@@H]12. The van der Waals surface area contributed by atoms with Crippen LogP contribution in [0.1, 0.15) is 78.4 Å². The first-order valence-corrected chi connectivity index (χ1v) is 15.4. The lowest BCUT2D eigenvalue weighted by Gasteiger charge is -2.54. The first-order valence-electron chi connectivity index (χ1n) is 13.5. The van der Waals surface area contributed by atoms with E-state index < -0.39 is 8.32 Å². The summed E-state index contributed by atoms with van der Waals surface area (Å²) in [6.07, 6.45) is 6.46. The predicted molar refractivity (Wildman–Crippen MR) is 151 cm³/mol. The molecule has 35 heavy (non-hydrogen) atoms. The van der Waals surface area contributed by atoms with Crippen molar-refractivity contribution in [2.24, 2.45) is 11.3 Å². The summed E-state index contributed by atoms with van der Waals surface area (Å²) in [5.74, 6) is 1.78. The van der Waals surface area contributed by atoms with Crippen LogP contribution in [-0.4, -0.2) is 8.32 Å². The Morgan fingerprint density at radius 3 is 1.97 bits per heavy atom. The molecule has 0 radical (unpaired) electrons. The Balaban J connectivity index is 1.66. The number of hydrogen-bond donors (Lipinski definition) is 0. The van der Waals surface area contributed by atoms with E-state index in [1.807, 2.05) is 0 Å². The van der Waals surface area contributed by atoms with E-state index in [2.05, 4.69) is 120 Å². The van der Waals surface area contributed by atoms with Crippen LogP contribution >= 0.6 is 0 Å². The van der Waals surface area contributed by atoms with Gasteiger partial charge in [0.2, 0.25) is 0 Å². The number of hydrogen-bond acceptors (Lipinski definition) is 1. The molecule has 0 aliphatic heterocycles. The van der Waals surface area contributed by atoms with Crippen molar-refractivity contribution in [3.05, 3.63) is 90.0 Å². The van der Waals surface area contributed by atoms with Gasteiger partial charge in [-0.05, 0) is 81.1 Å². The summed E-state index contributed by atoms with van der Waals surface area (Å²) < 4.78 is 7.42. The molecular weight excluding hydrogens is 440 g/mol. The summed E-state index contributed by atoms with van der Waals surface area (Å²) in [5.41, 5.74) is 3.73. The molecule has 0 amide bonds. The lowest BCUT2D eigenvalue weighted by molar-refractivity contribution is 0.0406. The van der Waals surface area contributed by atoms with Crippen molar-refractivity contribution in [3.63, 3.8) is 0 Å². The Kier molecular flexibility index (Phi) is 6.03. The van der Waals surface area contributed by atoms with Gasteiger partial charge in [0.1, 0.15) is 5.75 Å². The van der Waals surface area contributed by atoms with Crippen molar-refractivity contribution in [3.8, 4) is 5.75 Å². The number of rotatable bonds is 4. The molecule has 0 unspecified atom stereocenters. The van der Waals surface area contributed by atoms with E-state index in [1.165, 1.54) is 48.0 Å². The zero-order valence-electron chi connectivity index (χ0n) is 22.5. The molecule has 0 spiro atoms. The second-order valence-electron chi connectivity index (χ2n) is 12.9. The average Bonchev–Trinajstić information content (AvgIpc) is 2.82. The molecule has 0 heterocycles. The maximum absolute atomic E-state index is 7.42. The van der Waals surface area contributed by atoms with Crippen LogP contribution in [0.4, 0.5) is 0 Å². The lowest BCUT2D eigenvalue weighted by Crippen LogP contribution is -2.68. The highest BCUT2D eigenvalue weighted by Gasteiger charge is 2.53. The van der Waals surface area contributed by atoms with Gasteiger partial charge in [-0.2, -0.15) is 0 Å². The van der Waals surface area contributed by atoms with Gasteiger partial charge < -0.3 is 4.43 Å². The fourth-order valence-corrected chi connectivity index (χ4v) is 12.1. The molecule has 3 aromatic rings. The number of fused-ring (bicyclic) bond motifs is 3. The van der Waals surface area contributed by atoms with Gasteiger partial charge in [0.15, 0.2) is 0 Å². The van der Waals surface area contributed by atoms with Crippen LogP contribution in [0.25, 0.3) is 0 Å². The van der Waals surface area contributed by atoms with Crippen molar-refractivity contribution < 1.29 is 4.43 Å². The molecule has 184 valence electrons. The van der Waals surface area contributed by atoms with Gasteiger partial charge in [0.25, 0.3) is 0 Å². The fourth-order valence-electron chi connectivity index (χ4n) is 7.65. The highest BCUT2D eigenvalue weighted by Crippen LogP contribution is 2.57. The van der Waals surface area contributed by atoms with Crippen LogP contribution in [0.2, 0.25) is 5.04 Å². The summed E-state index contributed by atoms with van der Waals surface area (Å²) in [6.45, 7) is 14.6. The van der Waals surface area contributed by atoms with Crippen molar-refractivity contribution in [2.45, 2.75) is 84.1 Å². The van der Waals surface area contributed by atoms with E-state index in [0.717, 1.165) is 11.7 Å². The summed E-state index contributed by atoms with van der Waals surface area (Å²) in [6, 6.07) is 29.1.